The van der Waals surface area contributed by atoms with E-state index in [0.29, 0.717) is 29.8 Å². The number of rotatable bonds is 7. The van der Waals surface area contributed by atoms with Gasteiger partial charge in [-0.25, -0.2) is 13.4 Å². The fourth-order valence-electron chi connectivity index (χ4n) is 4.96. The number of benzene rings is 2. The maximum Gasteiger partial charge on any atom is 0.307 e. The summed E-state index contributed by atoms with van der Waals surface area (Å²) >= 11 is 1.17. The van der Waals surface area contributed by atoms with Crippen molar-refractivity contribution in [2.24, 2.45) is 5.92 Å². The molecule has 0 radical (unpaired) electrons. The van der Waals surface area contributed by atoms with Crippen LogP contribution in [-0.2, 0) is 24.3 Å². The van der Waals surface area contributed by atoms with Crippen LogP contribution in [0, 0.1) is 5.92 Å². The second-order valence-corrected chi connectivity index (χ2v) is 11.9. The van der Waals surface area contributed by atoms with Gasteiger partial charge in [0.1, 0.15) is 5.60 Å². The molecular formula is C26H26N4O6S2. The van der Waals surface area contributed by atoms with Gasteiger partial charge in [-0.05, 0) is 68.1 Å². The number of esters is 1. The molecule has 2 heterocycles. The maximum absolute atomic E-state index is 13.1. The fourth-order valence-corrected chi connectivity index (χ4v) is 6.75. The van der Waals surface area contributed by atoms with Crippen molar-refractivity contribution in [2.45, 2.75) is 49.0 Å². The quantitative estimate of drug-likeness (QED) is 0.367. The molecule has 1 aliphatic heterocycles. The van der Waals surface area contributed by atoms with Crippen LogP contribution >= 0.6 is 11.3 Å². The molecule has 198 valence electrons. The Hall–Kier alpha value is -3.77. The van der Waals surface area contributed by atoms with E-state index in [1.165, 1.54) is 41.8 Å². The molecule has 2 amide bonds. The van der Waals surface area contributed by atoms with Crippen molar-refractivity contribution in [1.82, 2.24) is 4.98 Å². The van der Waals surface area contributed by atoms with Crippen molar-refractivity contribution < 1.29 is 27.5 Å². The SMILES string of the molecule is O=C1CC(C(=O)Nc2cccc(C(=O)Nc3ccc(S(=O)(=O)Nc4nccs4)cc3)c2)C2(CCCCC2)O1. The summed E-state index contributed by atoms with van der Waals surface area (Å²) in [4.78, 5) is 42.0. The lowest BCUT2D eigenvalue weighted by Gasteiger charge is -2.36. The number of hydrogen-bond acceptors (Lipinski definition) is 8. The first kappa shape index (κ1) is 25.9. The monoisotopic (exact) mass is 554 g/mol. The van der Waals surface area contributed by atoms with E-state index in [9.17, 15) is 22.8 Å². The molecule has 1 atom stereocenters. The number of aromatic nitrogens is 1. The average molecular weight is 555 g/mol. The van der Waals surface area contributed by atoms with Gasteiger partial charge in [-0.1, -0.05) is 12.5 Å². The van der Waals surface area contributed by atoms with Crippen molar-refractivity contribution >= 4 is 55.7 Å². The molecule has 1 saturated heterocycles. The zero-order valence-corrected chi connectivity index (χ0v) is 21.9. The summed E-state index contributed by atoms with van der Waals surface area (Å²) in [5.74, 6) is -1.63. The van der Waals surface area contributed by atoms with Gasteiger partial charge in [0, 0.05) is 28.5 Å². The summed E-state index contributed by atoms with van der Waals surface area (Å²) in [6.45, 7) is 0. The van der Waals surface area contributed by atoms with Gasteiger partial charge in [0.25, 0.3) is 15.9 Å². The topological polar surface area (TPSA) is 144 Å². The Morgan fingerprint density at radius 2 is 1.76 bits per heavy atom. The van der Waals surface area contributed by atoms with Crippen LogP contribution in [0.3, 0.4) is 0 Å². The molecule has 10 nitrogen and oxygen atoms in total. The summed E-state index contributed by atoms with van der Waals surface area (Å²) in [5.41, 5.74) is 0.404. The molecule has 2 aromatic carbocycles. The summed E-state index contributed by atoms with van der Waals surface area (Å²) in [6, 6.07) is 12.2. The van der Waals surface area contributed by atoms with Crippen LogP contribution < -0.4 is 15.4 Å². The highest BCUT2D eigenvalue weighted by atomic mass is 32.2. The van der Waals surface area contributed by atoms with E-state index >= 15 is 0 Å². The van der Waals surface area contributed by atoms with E-state index in [4.69, 9.17) is 4.74 Å². The molecule has 1 spiro atoms. The van der Waals surface area contributed by atoms with Crippen LogP contribution in [0.2, 0.25) is 0 Å². The summed E-state index contributed by atoms with van der Waals surface area (Å²) < 4.78 is 33.0. The minimum absolute atomic E-state index is 0.0283. The molecule has 3 aromatic rings. The standard InChI is InChI=1S/C26H26N4O6S2/c31-22-16-21(26(36-22)11-2-1-3-12-26)24(33)29-19-6-4-5-17(15-19)23(32)28-18-7-9-20(10-8-18)38(34,35)30-25-27-13-14-37-25/h4-10,13-15,21H,1-3,11-12,16H2,(H,27,30)(H,28,32)(H,29,33). The second-order valence-electron chi connectivity index (χ2n) is 9.35. The lowest BCUT2D eigenvalue weighted by molar-refractivity contribution is -0.153. The van der Waals surface area contributed by atoms with E-state index in [1.807, 2.05) is 0 Å². The Labute approximate surface area is 223 Å². The highest BCUT2D eigenvalue weighted by Gasteiger charge is 2.52. The average Bonchev–Trinajstić information content (AvgIpc) is 3.51. The highest BCUT2D eigenvalue weighted by molar-refractivity contribution is 7.93. The molecule has 2 fully saturated rings. The number of hydrogen-bond donors (Lipinski definition) is 3. The number of carbonyl (C=O) groups excluding carboxylic acids is 3. The van der Waals surface area contributed by atoms with Crippen LogP contribution in [0.1, 0.15) is 48.9 Å². The van der Waals surface area contributed by atoms with Crippen molar-refractivity contribution in [3.8, 4) is 0 Å². The van der Waals surface area contributed by atoms with Gasteiger partial charge in [-0.3, -0.25) is 19.1 Å². The molecule has 12 heteroatoms. The minimum atomic E-state index is -3.80. The van der Waals surface area contributed by atoms with Gasteiger partial charge in [0.2, 0.25) is 5.91 Å². The number of nitrogens with zero attached hydrogens (tertiary/aromatic N) is 1. The van der Waals surface area contributed by atoms with Crippen LogP contribution in [-0.4, -0.2) is 36.8 Å². The minimum Gasteiger partial charge on any atom is -0.458 e. The summed E-state index contributed by atoms with van der Waals surface area (Å²) in [7, 11) is -3.80. The third-order valence-electron chi connectivity index (χ3n) is 6.81. The number of carbonyl (C=O) groups is 3. The molecule has 1 aliphatic carbocycles. The fraction of sp³-hybridized carbons (Fsp3) is 0.308. The van der Waals surface area contributed by atoms with Crippen molar-refractivity contribution in [3.63, 3.8) is 0 Å². The Kier molecular flexibility index (Phi) is 7.17. The second kappa shape index (κ2) is 10.5. The normalized spacial score (nSPS) is 18.5. The Morgan fingerprint density at radius 3 is 2.47 bits per heavy atom. The van der Waals surface area contributed by atoms with Crippen molar-refractivity contribution in [1.29, 1.82) is 0 Å². The largest absolute Gasteiger partial charge is 0.458 e. The van der Waals surface area contributed by atoms with E-state index in [2.05, 4.69) is 20.3 Å². The molecule has 38 heavy (non-hydrogen) atoms. The van der Waals surface area contributed by atoms with E-state index in [1.54, 1.807) is 29.6 Å². The zero-order chi connectivity index (χ0) is 26.8. The van der Waals surface area contributed by atoms with Gasteiger partial charge in [-0.2, -0.15) is 0 Å². The van der Waals surface area contributed by atoms with E-state index in [-0.39, 0.29) is 28.3 Å². The van der Waals surface area contributed by atoms with Crippen LogP contribution in [0.25, 0.3) is 0 Å². The predicted molar refractivity (Wildman–Crippen MR) is 142 cm³/mol. The van der Waals surface area contributed by atoms with Gasteiger partial charge < -0.3 is 15.4 Å². The molecule has 1 unspecified atom stereocenters. The van der Waals surface area contributed by atoms with Crippen LogP contribution in [0.4, 0.5) is 16.5 Å². The number of amides is 2. The number of nitrogens with one attached hydrogen (secondary N) is 3. The molecule has 3 N–H and O–H groups in total. The molecular weight excluding hydrogens is 528 g/mol. The van der Waals surface area contributed by atoms with Gasteiger partial charge >= 0.3 is 5.97 Å². The van der Waals surface area contributed by atoms with Gasteiger partial charge in [0.05, 0.1) is 17.2 Å². The predicted octanol–water partition coefficient (Wildman–Crippen LogP) is 4.40. The first-order valence-electron chi connectivity index (χ1n) is 12.2. The van der Waals surface area contributed by atoms with Crippen molar-refractivity contribution in [2.75, 3.05) is 15.4 Å². The third kappa shape index (κ3) is 5.55. The molecule has 5 rings (SSSR count). The van der Waals surface area contributed by atoms with Crippen molar-refractivity contribution in [3.05, 3.63) is 65.7 Å². The summed E-state index contributed by atoms with van der Waals surface area (Å²) in [5, 5.41) is 7.50. The Morgan fingerprint density at radius 1 is 1.00 bits per heavy atom. The first-order chi connectivity index (χ1) is 18.2. The first-order valence-corrected chi connectivity index (χ1v) is 14.6. The van der Waals surface area contributed by atoms with Crippen LogP contribution in [0.15, 0.2) is 65.0 Å². The molecule has 0 bridgehead atoms. The van der Waals surface area contributed by atoms with E-state index < -0.39 is 27.4 Å². The van der Waals surface area contributed by atoms with Gasteiger partial charge in [0.15, 0.2) is 5.13 Å². The number of thiazole rings is 1. The number of anilines is 3. The summed E-state index contributed by atoms with van der Waals surface area (Å²) in [6.07, 6.45) is 5.81. The lowest BCUT2D eigenvalue weighted by Crippen LogP contribution is -2.43. The Balaban J connectivity index is 1.23. The molecule has 2 aliphatic rings. The molecule has 1 aromatic heterocycles. The zero-order valence-electron chi connectivity index (χ0n) is 20.3. The number of sulfonamides is 1. The highest BCUT2D eigenvalue weighted by Crippen LogP contribution is 2.44. The molecule has 1 saturated carbocycles. The third-order valence-corrected chi connectivity index (χ3v) is 8.98. The maximum atomic E-state index is 13.1. The number of ether oxygens (including phenoxy) is 1. The Bertz CT molecular complexity index is 1450. The van der Waals surface area contributed by atoms with Crippen LogP contribution in [0.5, 0.6) is 0 Å². The van der Waals surface area contributed by atoms with E-state index in [0.717, 1.165) is 19.3 Å². The van der Waals surface area contributed by atoms with Gasteiger partial charge in [-0.15, -0.1) is 11.3 Å². The smallest absolute Gasteiger partial charge is 0.307 e. The lowest BCUT2D eigenvalue weighted by atomic mass is 9.75.